The zero-order valence-corrected chi connectivity index (χ0v) is 21.6. The predicted octanol–water partition coefficient (Wildman–Crippen LogP) is 5.82. The van der Waals surface area contributed by atoms with Crippen molar-refractivity contribution >= 4 is 0 Å². The number of nitrogens with zero attached hydrogens (tertiary/aromatic N) is 3. The van der Waals surface area contributed by atoms with E-state index in [1.807, 2.05) is 23.9 Å². The molecular weight excluding hydrogens is 422 g/mol. The molecule has 34 heavy (non-hydrogen) atoms. The van der Waals surface area contributed by atoms with Crippen LogP contribution < -0.4 is 0 Å². The van der Waals surface area contributed by atoms with E-state index in [-0.39, 0.29) is 0 Å². The van der Waals surface area contributed by atoms with Crippen molar-refractivity contribution in [1.29, 1.82) is 5.26 Å². The molecule has 1 aromatic heterocycles. The summed E-state index contributed by atoms with van der Waals surface area (Å²) in [4.78, 5) is 0. The Morgan fingerprint density at radius 3 is 2.71 bits per heavy atom. The third-order valence-corrected chi connectivity index (χ3v) is 11.0. The van der Waals surface area contributed by atoms with Crippen molar-refractivity contribution in [2.75, 3.05) is 13.2 Å². The van der Waals surface area contributed by atoms with E-state index in [0.717, 1.165) is 49.0 Å². The van der Waals surface area contributed by atoms with Crippen LogP contribution >= 0.6 is 0 Å². The summed E-state index contributed by atoms with van der Waals surface area (Å²) in [5, 5.41) is 24.8. The highest BCUT2D eigenvalue weighted by molar-refractivity contribution is 5.16. The van der Waals surface area contributed by atoms with Gasteiger partial charge < -0.3 is 9.84 Å². The minimum Gasteiger partial charge on any atom is -0.387 e. The van der Waals surface area contributed by atoms with Gasteiger partial charge in [-0.25, -0.2) is 0 Å². The molecule has 1 N–H and O–H groups in total. The summed E-state index contributed by atoms with van der Waals surface area (Å²) in [5.41, 5.74) is 0.394. The van der Waals surface area contributed by atoms with Gasteiger partial charge in [-0.3, -0.25) is 4.68 Å². The summed E-state index contributed by atoms with van der Waals surface area (Å²) in [6.45, 7) is 9.16. The number of nitriles is 1. The number of aromatic nitrogens is 2. The molecule has 0 radical (unpaired) electrons. The summed E-state index contributed by atoms with van der Waals surface area (Å²) >= 11 is 0. The first kappa shape index (κ1) is 24.3. The molecule has 0 saturated heterocycles. The Balaban J connectivity index is 1.27. The van der Waals surface area contributed by atoms with Crippen LogP contribution in [0.15, 0.2) is 12.3 Å². The first-order valence-electron chi connectivity index (χ1n) is 14.1. The van der Waals surface area contributed by atoms with E-state index < -0.39 is 5.60 Å². The second-order valence-corrected chi connectivity index (χ2v) is 12.5. The van der Waals surface area contributed by atoms with Gasteiger partial charge in [0.15, 0.2) is 5.69 Å². The predicted molar refractivity (Wildman–Crippen MR) is 133 cm³/mol. The van der Waals surface area contributed by atoms with Crippen molar-refractivity contribution in [1.82, 2.24) is 9.78 Å². The highest BCUT2D eigenvalue weighted by Gasteiger charge is 2.58. The smallest absolute Gasteiger partial charge is 0.162 e. The molecule has 0 aromatic carbocycles. The van der Waals surface area contributed by atoms with Crippen molar-refractivity contribution in [2.24, 2.45) is 46.8 Å². The van der Waals surface area contributed by atoms with Crippen LogP contribution in [0, 0.1) is 58.2 Å². The van der Waals surface area contributed by atoms with E-state index in [1.54, 1.807) is 0 Å². The lowest BCUT2D eigenvalue weighted by atomic mass is 9.48. The first-order valence-corrected chi connectivity index (χ1v) is 14.1. The van der Waals surface area contributed by atoms with Crippen LogP contribution in [-0.4, -0.2) is 33.7 Å². The molecule has 188 valence electrons. The zero-order valence-electron chi connectivity index (χ0n) is 21.6. The van der Waals surface area contributed by atoms with Crippen LogP contribution in [0.25, 0.3) is 0 Å². The van der Waals surface area contributed by atoms with Crippen LogP contribution in [0.3, 0.4) is 0 Å². The Morgan fingerprint density at radius 1 is 1.15 bits per heavy atom. The Bertz CT molecular complexity index is 892. The fraction of sp³-hybridized carbons (Fsp3) is 0.862. The minimum atomic E-state index is -0.585. The van der Waals surface area contributed by atoms with Crippen LogP contribution in [0.5, 0.6) is 0 Å². The lowest BCUT2D eigenvalue weighted by molar-refractivity contribution is -0.130. The molecule has 1 unspecified atom stereocenters. The van der Waals surface area contributed by atoms with E-state index >= 15 is 0 Å². The fourth-order valence-electron chi connectivity index (χ4n) is 9.50. The zero-order chi connectivity index (χ0) is 23.9. The molecule has 5 rings (SSSR count). The molecule has 0 aliphatic heterocycles. The largest absolute Gasteiger partial charge is 0.387 e. The monoisotopic (exact) mass is 467 g/mol. The average molecular weight is 468 g/mol. The quantitative estimate of drug-likeness (QED) is 0.549. The lowest BCUT2D eigenvalue weighted by Gasteiger charge is -2.57. The average Bonchev–Trinajstić information content (AvgIpc) is 3.44. The van der Waals surface area contributed by atoms with E-state index in [0.29, 0.717) is 36.2 Å². The number of fused-ring (bicyclic) bond motifs is 5. The van der Waals surface area contributed by atoms with Crippen molar-refractivity contribution < 1.29 is 9.84 Å². The summed E-state index contributed by atoms with van der Waals surface area (Å²) in [6, 6.07) is 4.02. The Morgan fingerprint density at radius 2 is 1.97 bits per heavy atom. The molecule has 0 spiro atoms. The van der Waals surface area contributed by atoms with Gasteiger partial charge in [-0.05, 0) is 118 Å². The molecule has 4 saturated carbocycles. The maximum atomic E-state index is 11.1. The minimum absolute atomic E-state index is 0.449. The van der Waals surface area contributed by atoms with E-state index in [1.165, 1.54) is 51.4 Å². The van der Waals surface area contributed by atoms with Gasteiger partial charge in [0.25, 0.3) is 0 Å². The summed E-state index contributed by atoms with van der Waals surface area (Å²) in [6.07, 6.45) is 14.4. The van der Waals surface area contributed by atoms with Crippen LogP contribution in [-0.2, 0) is 11.3 Å². The van der Waals surface area contributed by atoms with E-state index in [4.69, 9.17) is 10.00 Å². The summed E-state index contributed by atoms with van der Waals surface area (Å²) in [5.74, 6) is 5.53. The maximum absolute atomic E-state index is 11.1. The molecule has 0 bridgehead atoms. The highest BCUT2D eigenvalue weighted by atomic mass is 16.5. The summed E-state index contributed by atoms with van der Waals surface area (Å²) < 4.78 is 7.67. The second-order valence-electron chi connectivity index (χ2n) is 12.5. The number of aliphatic hydroxyl groups is 1. The standard InChI is InChI=1S/C29H45N3O2/c1-4-20(18-32-15-12-22(17-30)31-32)26-8-9-27-25-7-6-21-16-29(33,19-34-5-2)14-11-23(21)24(25)10-13-28(26,27)3/h12,15,20-21,23-27,33H,4-11,13-14,16,18-19H2,1-3H3/t20?,21-,23-,24+,25+,26+,27-,28+,29+/m0/s1. The molecule has 5 heteroatoms. The molecule has 4 aliphatic carbocycles. The molecule has 5 nitrogen and oxygen atoms in total. The van der Waals surface area contributed by atoms with Gasteiger partial charge in [-0.1, -0.05) is 20.3 Å². The van der Waals surface area contributed by atoms with Gasteiger partial charge in [0.05, 0.1) is 12.2 Å². The van der Waals surface area contributed by atoms with Gasteiger partial charge >= 0.3 is 0 Å². The van der Waals surface area contributed by atoms with Gasteiger partial charge in [-0.2, -0.15) is 10.4 Å². The third kappa shape index (κ3) is 4.24. The van der Waals surface area contributed by atoms with Gasteiger partial charge in [-0.15, -0.1) is 0 Å². The van der Waals surface area contributed by atoms with Gasteiger partial charge in [0.1, 0.15) is 6.07 Å². The molecule has 1 aromatic rings. The molecular formula is C29H45N3O2. The van der Waals surface area contributed by atoms with Gasteiger partial charge in [0.2, 0.25) is 0 Å². The topological polar surface area (TPSA) is 71.1 Å². The number of hydrogen-bond acceptors (Lipinski definition) is 4. The molecule has 4 aliphatic rings. The lowest BCUT2D eigenvalue weighted by Crippen LogP contribution is -2.52. The van der Waals surface area contributed by atoms with Crippen molar-refractivity contribution in [3.63, 3.8) is 0 Å². The number of rotatable bonds is 7. The van der Waals surface area contributed by atoms with E-state index in [2.05, 4.69) is 25.0 Å². The summed E-state index contributed by atoms with van der Waals surface area (Å²) in [7, 11) is 0. The Hall–Kier alpha value is -1.38. The third-order valence-electron chi connectivity index (χ3n) is 11.0. The highest BCUT2D eigenvalue weighted by Crippen LogP contribution is 2.66. The first-order chi connectivity index (χ1) is 16.4. The molecule has 9 atom stereocenters. The molecule has 0 amide bonds. The number of ether oxygens (including phenoxy) is 1. The Kier molecular flexibility index (Phi) is 6.85. The van der Waals surface area contributed by atoms with Gasteiger partial charge in [0, 0.05) is 19.3 Å². The SMILES string of the molecule is CCOC[C@@]1(O)CC[C@H]2[C@@H](CC[C@@H]3[C@@H]2CC[C@]2(C)[C@@H](C(CC)Cn4ccc(C#N)n4)CC[C@@H]32)C1. The Labute approximate surface area is 206 Å². The molecule has 1 heterocycles. The molecule has 4 fully saturated rings. The van der Waals surface area contributed by atoms with Crippen molar-refractivity contribution in [3.05, 3.63) is 18.0 Å². The van der Waals surface area contributed by atoms with Crippen molar-refractivity contribution in [3.8, 4) is 6.07 Å². The van der Waals surface area contributed by atoms with E-state index in [9.17, 15) is 5.11 Å². The second kappa shape index (κ2) is 9.58. The van der Waals surface area contributed by atoms with Crippen molar-refractivity contribution in [2.45, 2.75) is 97.1 Å². The normalized spacial score (nSPS) is 42.3. The van der Waals surface area contributed by atoms with Crippen LogP contribution in [0.1, 0.15) is 90.7 Å². The van der Waals surface area contributed by atoms with Crippen LogP contribution in [0.2, 0.25) is 0 Å². The number of hydrogen-bond donors (Lipinski definition) is 1. The fourth-order valence-corrected chi connectivity index (χ4v) is 9.50. The van der Waals surface area contributed by atoms with Crippen LogP contribution in [0.4, 0.5) is 0 Å². The maximum Gasteiger partial charge on any atom is 0.162 e.